The Kier molecular flexibility index (Phi) is 6.90. The first kappa shape index (κ1) is 24.3. The van der Waals surface area contributed by atoms with E-state index in [1.54, 1.807) is 0 Å². The van der Waals surface area contributed by atoms with E-state index in [2.05, 4.69) is 15.2 Å². The zero-order valence-corrected chi connectivity index (χ0v) is 20.4. The van der Waals surface area contributed by atoms with Crippen LogP contribution in [-0.4, -0.2) is 48.1 Å². The van der Waals surface area contributed by atoms with E-state index in [1.165, 1.54) is 6.42 Å². The molecule has 0 spiro atoms. The van der Waals surface area contributed by atoms with Crippen LogP contribution in [0.1, 0.15) is 61.2 Å². The Morgan fingerprint density at radius 2 is 1.66 bits per heavy atom. The first-order valence-electron chi connectivity index (χ1n) is 12.5. The van der Waals surface area contributed by atoms with Crippen molar-refractivity contribution in [1.29, 1.82) is 0 Å². The largest absolute Gasteiger partial charge is 0.484 e. The molecule has 1 N–H and O–H groups in total. The van der Waals surface area contributed by atoms with Gasteiger partial charge in [-0.15, -0.1) is 12.4 Å². The summed E-state index contributed by atoms with van der Waals surface area (Å²) in [6.07, 6.45) is 7.12. The van der Waals surface area contributed by atoms with Gasteiger partial charge in [-0.3, -0.25) is 9.69 Å². The molecule has 1 aromatic carbocycles. The molecular formula is C25H31ClF2N4O3. The molecule has 4 aliphatic rings. The number of nitrogens with one attached hydrogen (secondary N) is 1. The molecule has 7 nitrogen and oxygen atoms in total. The number of halogens is 3. The van der Waals surface area contributed by atoms with E-state index in [4.69, 9.17) is 9.15 Å². The highest BCUT2D eigenvalue weighted by Gasteiger charge is 2.47. The van der Waals surface area contributed by atoms with Gasteiger partial charge in [0.15, 0.2) is 28.8 Å². The fourth-order valence-corrected chi connectivity index (χ4v) is 5.67. The van der Waals surface area contributed by atoms with E-state index in [9.17, 15) is 13.6 Å². The normalized spacial score (nSPS) is 25.4. The minimum absolute atomic E-state index is 0. The number of ether oxygens (including phenoxy) is 1. The molecule has 1 amide bonds. The molecule has 2 saturated heterocycles. The fraction of sp³-hybridized carbons (Fsp3) is 0.600. The summed E-state index contributed by atoms with van der Waals surface area (Å²) in [5.41, 5.74) is 0.194. The number of carbonyl (C=O) groups is 1. The number of aromatic nitrogens is 1. The second-order valence-electron chi connectivity index (χ2n) is 10.1. The molecule has 0 radical (unpaired) electrons. The molecule has 10 heteroatoms. The van der Waals surface area contributed by atoms with Gasteiger partial charge in [0.1, 0.15) is 0 Å². The summed E-state index contributed by atoms with van der Waals surface area (Å²) in [6.45, 7) is 4.06. The van der Waals surface area contributed by atoms with Gasteiger partial charge in [-0.25, -0.2) is 8.78 Å². The van der Waals surface area contributed by atoms with Crippen LogP contribution in [0.2, 0.25) is 0 Å². The Balaban J connectivity index is 0.00000253. The molecule has 35 heavy (non-hydrogen) atoms. The second-order valence-corrected chi connectivity index (χ2v) is 10.1. The van der Waals surface area contributed by atoms with Crippen molar-refractivity contribution in [2.45, 2.75) is 57.6 Å². The second kappa shape index (κ2) is 9.93. The quantitative estimate of drug-likeness (QED) is 0.567. The van der Waals surface area contributed by atoms with E-state index in [1.807, 2.05) is 4.90 Å². The van der Waals surface area contributed by atoms with Crippen molar-refractivity contribution in [3.63, 3.8) is 0 Å². The lowest BCUT2D eigenvalue weighted by Crippen LogP contribution is -2.21. The van der Waals surface area contributed by atoms with Gasteiger partial charge in [-0.1, -0.05) is 0 Å². The first-order valence-corrected chi connectivity index (χ1v) is 12.5. The molecule has 6 rings (SSSR count). The molecule has 2 aliphatic heterocycles. The van der Waals surface area contributed by atoms with Crippen LogP contribution >= 0.6 is 12.4 Å². The standard InChI is InChI=1S/C25H30F2N4O3.ClH/c26-19-12-17(13-20(27)23(19)33-18-10-15-9-16(15)11-18)28-24(32)22-21(14-30-5-1-2-6-30)34-25(29-22)31-7-3-4-8-31;/h12-13,15-16,18H,1-11,14H2,(H,28,32);1H. The first-order chi connectivity index (χ1) is 16.5. The third-order valence-electron chi connectivity index (χ3n) is 7.58. The number of nitrogens with zero attached hydrogens (tertiary/aromatic N) is 3. The highest BCUT2D eigenvalue weighted by molar-refractivity contribution is 6.03. The summed E-state index contributed by atoms with van der Waals surface area (Å²) in [4.78, 5) is 21.9. The lowest BCUT2D eigenvalue weighted by molar-refractivity contribution is 0.101. The van der Waals surface area contributed by atoms with Crippen LogP contribution in [0.15, 0.2) is 16.5 Å². The molecular weight excluding hydrogens is 478 g/mol. The number of anilines is 2. The Labute approximate surface area is 209 Å². The van der Waals surface area contributed by atoms with Crippen molar-refractivity contribution in [2.24, 2.45) is 11.8 Å². The summed E-state index contributed by atoms with van der Waals surface area (Å²) in [5.74, 6) is -0.739. The van der Waals surface area contributed by atoms with E-state index in [0.717, 1.165) is 76.8 Å². The number of fused-ring (bicyclic) bond motifs is 1. The predicted molar refractivity (Wildman–Crippen MR) is 129 cm³/mol. The summed E-state index contributed by atoms with van der Waals surface area (Å²) >= 11 is 0. The van der Waals surface area contributed by atoms with Gasteiger partial charge < -0.3 is 19.4 Å². The summed E-state index contributed by atoms with van der Waals surface area (Å²) < 4.78 is 41.1. The van der Waals surface area contributed by atoms with E-state index in [0.29, 0.717) is 30.2 Å². The minimum atomic E-state index is -0.814. The van der Waals surface area contributed by atoms with Gasteiger partial charge in [0.25, 0.3) is 11.9 Å². The number of likely N-dealkylation sites (tertiary alicyclic amines) is 1. The molecule has 2 atom stereocenters. The molecule has 2 saturated carbocycles. The van der Waals surface area contributed by atoms with E-state index in [-0.39, 0.29) is 35.6 Å². The topological polar surface area (TPSA) is 70.8 Å². The Morgan fingerprint density at radius 1 is 1.03 bits per heavy atom. The molecule has 190 valence electrons. The zero-order chi connectivity index (χ0) is 23.2. The lowest BCUT2D eigenvalue weighted by atomic mass is 10.2. The minimum Gasteiger partial charge on any atom is -0.484 e. The Hall–Kier alpha value is -2.39. The van der Waals surface area contributed by atoms with Crippen LogP contribution in [0.25, 0.3) is 0 Å². The number of amides is 1. The van der Waals surface area contributed by atoms with Gasteiger partial charge in [0.05, 0.1) is 12.6 Å². The van der Waals surface area contributed by atoms with E-state index < -0.39 is 17.5 Å². The number of rotatable bonds is 7. The van der Waals surface area contributed by atoms with Crippen LogP contribution in [-0.2, 0) is 6.54 Å². The molecule has 2 aliphatic carbocycles. The van der Waals surface area contributed by atoms with Gasteiger partial charge in [0, 0.05) is 30.9 Å². The van der Waals surface area contributed by atoms with Crippen LogP contribution < -0.4 is 15.0 Å². The van der Waals surface area contributed by atoms with Crippen molar-refractivity contribution in [3.8, 4) is 5.75 Å². The highest BCUT2D eigenvalue weighted by Crippen LogP contribution is 2.52. The van der Waals surface area contributed by atoms with Gasteiger partial charge in [0.2, 0.25) is 0 Å². The monoisotopic (exact) mass is 508 g/mol. The van der Waals surface area contributed by atoms with Crippen molar-refractivity contribution in [1.82, 2.24) is 9.88 Å². The average Bonchev–Trinajstić information content (AvgIpc) is 3.38. The summed E-state index contributed by atoms with van der Waals surface area (Å²) in [5, 5.41) is 2.61. The third kappa shape index (κ3) is 5.11. The van der Waals surface area contributed by atoms with Crippen molar-refractivity contribution >= 4 is 30.0 Å². The number of hydrogen-bond donors (Lipinski definition) is 1. The Morgan fingerprint density at radius 3 is 2.31 bits per heavy atom. The number of oxazole rings is 1. The lowest BCUT2D eigenvalue weighted by Gasteiger charge is -2.17. The number of carbonyl (C=O) groups excluding carboxylic acids is 1. The van der Waals surface area contributed by atoms with Crippen LogP contribution in [0.4, 0.5) is 20.5 Å². The summed E-state index contributed by atoms with van der Waals surface area (Å²) in [7, 11) is 0. The van der Waals surface area contributed by atoms with Crippen molar-refractivity contribution in [3.05, 3.63) is 35.2 Å². The maximum absolute atomic E-state index is 14.7. The molecule has 1 aromatic heterocycles. The summed E-state index contributed by atoms with van der Waals surface area (Å²) in [6, 6.07) is 2.65. The van der Waals surface area contributed by atoms with Crippen LogP contribution in [0.5, 0.6) is 5.75 Å². The average molecular weight is 509 g/mol. The maximum Gasteiger partial charge on any atom is 0.298 e. The van der Waals surface area contributed by atoms with Gasteiger partial charge in [-0.05, 0) is 69.9 Å². The molecule has 3 heterocycles. The van der Waals surface area contributed by atoms with Gasteiger partial charge >= 0.3 is 0 Å². The number of hydrogen-bond acceptors (Lipinski definition) is 6. The smallest absolute Gasteiger partial charge is 0.298 e. The fourth-order valence-electron chi connectivity index (χ4n) is 5.67. The molecule has 0 bridgehead atoms. The van der Waals surface area contributed by atoms with Gasteiger partial charge in [-0.2, -0.15) is 4.98 Å². The number of benzene rings is 1. The van der Waals surface area contributed by atoms with Crippen molar-refractivity contribution in [2.75, 3.05) is 36.4 Å². The van der Waals surface area contributed by atoms with E-state index >= 15 is 0 Å². The van der Waals surface area contributed by atoms with Crippen LogP contribution in [0, 0.1) is 23.5 Å². The molecule has 2 unspecified atom stereocenters. The molecule has 2 aromatic rings. The zero-order valence-electron chi connectivity index (χ0n) is 19.6. The third-order valence-corrected chi connectivity index (χ3v) is 7.58. The maximum atomic E-state index is 14.7. The Bertz CT molecular complexity index is 1050. The SMILES string of the molecule is Cl.O=C(Nc1cc(F)c(OC2CC3CC3C2)c(F)c1)c1nc(N2CCCC2)oc1CN1CCCC1. The van der Waals surface area contributed by atoms with Crippen LogP contribution in [0.3, 0.4) is 0 Å². The predicted octanol–water partition coefficient (Wildman–Crippen LogP) is 5.00. The highest BCUT2D eigenvalue weighted by atomic mass is 35.5. The molecule has 4 fully saturated rings. The van der Waals surface area contributed by atoms with Crippen molar-refractivity contribution < 1.29 is 22.7 Å².